The van der Waals surface area contributed by atoms with E-state index in [4.69, 9.17) is 22.1 Å². The van der Waals surface area contributed by atoms with Crippen LogP contribution in [0, 0.1) is 12.7 Å². The summed E-state index contributed by atoms with van der Waals surface area (Å²) in [5.74, 6) is -0.769. The van der Waals surface area contributed by atoms with E-state index >= 15 is 0 Å². The van der Waals surface area contributed by atoms with Crippen molar-refractivity contribution in [3.05, 3.63) is 28.0 Å². The zero-order chi connectivity index (χ0) is 11.6. The first-order valence-electron chi connectivity index (χ1n) is 4.28. The van der Waals surface area contributed by atoms with Gasteiger partial charge in [0.25, 0.3) is 0 Å². The number of methoxy groups -OCH3 is 1. The van der Waals surface area contributed by atoms with E-state index in [1.54, 1.807) is 0 Å². The SMILES string of the molecule is COc1c(Cl)cc(F)c(C)c1C(=O)CN. The number of carbonyl (C=O) groups excluding carboxylic acids is 1. The quantitative estimate of drug-likeness (QED) is 0.809. The van der Waals surface area contributed by atoms with Crippen molar-refractivity contribution in [3.8, 4) is 5.75 Å². The lowest BCUT2D eigenvalue weighted by molar-refractivity contribution is 0.0997. The van der Waals surface area contributed by atoms with E-state index in [9.17, 15) is 9.18 Å². The standard InChI is InChI=1S/C10H11ClFNO2/c1-5-7(12)3-6(11)10(15-2)9(5)8(14)4-13/h3H,4,13H2,1-2H3. The van der Waals surface area contributed by atoms with Gasteiger partial charge in [-0.1, -0.05) is 11.6 Å². The number of benzene rings is 1. The summed E-state index contributed by atoms with van der Waals surface area (Å²) in [5.41, 5.74) is 5.54. The lowest BCUT2D eigenvalue weighted by Gasteiger charge is -2.12. The Morgan fingerprint density at radius 2 is 2.27 bits per heavy atom. The monoisotopic (exact) mass is 231 g/mol. The molecule has 1 rings (SSSR count). The molecule has 0 aliphatic carbocycles. The largest absolute Gasteiger partial charge is 0.494 e. The number of ether oxygens (including phenoxy) is 1. The van der Waals surface area contributed by atoms with Crippen LogP contribution in [-0.4, -0.2) is 19.4 Å². The van der Waals surface area contributed by atoms with Crippen molar-refractivity contribution in [2.24, 2.45) is 5.73 Å². The number of halogens is 2. The Kier molecular flexibility index (Phi) is 3.66. The summed E-state index contributed by atoms with van der Waals surface area (Å²) in [7, 11) is 1.37. The summed E-state index contributed by atoms with van der Waals surface area (Å²) in [5, 5.41) is 0.0670. The molecule has 2 N–H and O–H groups in total. The second-order valence-corrected chi connectivity index (χ2v) is 3.41. The third kappa shape index (κ3) is 2.11. The molecule has 0 fully saturated rings. The summed E-state index contributed by atoms with van der Waals surface area (Å²) in [6.45, 7) is 1.27. The summed E-state index contributed by atoms with van der Waals surface area (Å²) in [4.78, 5) is 11.5. The van der Waals surface area contributed by atoms with Crippen LogP contribution in [-0.2, 0) is 0 Å². The molecule has 1 aromatic rings. The minimum absolute atomic E-state index is 0.0670. The summed E-state index contributed by atoms with van der Waals surface area (Å²) < 4.78 is 18.3. The maximum atomic E-state index is 13.3. The lowest BCUT2D eigenvalue weighted by Crippen LogP contribution is -2.16. The molecule has 1 aromatic carbocycles. The van der Waals surface area contributed by atoms with Gasteiger partial charge in [0, 0.05) is 0 Å². The molecule has 0 aliphatic rings. The first-order chi connectivity index (χ1) is 7.02. The zero-order valence-electron chi connectivity index (χ0n) is 8.43. The van der Waals surface area contributed by atoms with Gasteiger partial charge < -0.3 is 10.5 Å². The maximum Gasteiger partial charge on any atom is 0.180 e. The van der Waals surface area contributed by atoms with Crippen molar-refractivity contribution in [2.45, 2.75) is 6.92 Å². The Morgan fingerprint density at radius 3 is 2.73 bits per heavy atom. The van der Waals surface area contributed by atoms with Gasteiger partial charge >= 0.3 is 0 Å². The number of ketones is 1. The predicted molar refractivity (Wildman–Crippen MR) is 56.1 cm³/mol. The fourth-order valence-electron chi connectivity index (χ4n) is 1.33. The van der Waals surface area contributed by atoms with Gasteiger partial charge in [0.2, 0.25) is 0 Å². The third-order valence-corrected chi connectivity index (χ3v) is 2.38. The molecule has 0 atom stereocenters. The highest BCUT2D eigenvalue weighted by molar-refractivity contribution is 6.32. The molecule has 82 valence electrons. The van der Waals surface area contributed by atoms with E-state index in [0.717, 1.165) is 6.07 Å². The van der Waals surface area contributed by atoms with E-state index in [1.165, 1.54) is 14.0 Å². The minimum Gasteiger partial charge on any atom is -0.494 e. The lowest BCUT2D eigenvalue weighted by atomic mass is 10.0. The van der Waals surface area contributed by atoms with Gasteiger partial charge in [-0.3, -0.25) is 4.79 Å². The van der Waals surface area contributed by atoms with E-state index in [-0.39, 0.29) is 28.4 Å². The minimum atomic E-state index is -0.544. The average molecular weight is 232 g/mol. The number of hydrogen-bond donors (Lipinski definition) is 1. The van der Waals surface area contributed by atoms with Crippen molar-refractivity contribution < 1.29 is 13.9 Å². The van der Waals surface area contributed by atoms with Gasteiger partial charge in [-0.15, -0.1) is 0 Å². The van der Waals surface area contributed by atoms with Gasteiger partial charge in [-0.2, -0.15) is 0 Å². The van der Waals surface area contributed by atoms with Crippen LogP contribution in [0.15, 0.2) is 6.07 Å². The Morgan fingerprint density at radius 1 is 1.67 bits per heavy atom. The van der Waals surface area contributed by atoms with Gasteiger partial charge in [0.05, 0.1) is 24.2 Å². The second kappa shape index (κ2) is 4.59. The molecule has 5 heteroatoms. The topological polar surface area (TPSA) is 52.3 Å². The second-order valence-electron chi connectivity index (χ2n) is 3.00. The summed E-state index contributed by atoms with van der Waals surface area (Å²) >= 11 is 5.75. The molecule has 0 radical (unpaired) electrons. The van der Waals surface area contributed by atoms with Crippen molar-refractivity contribution >= 4 is 17.4 Å². The van der Waals surface area contributed by atoms with Crippen molar-refractivity contribution in [1.29, 1.82) is 0 Å². The Hall–Kier alpha value is -1.13. The number of carbonyl (C=O) groups is 1. The fraction of sp³-hybridized carbons (Fsp3) is 0.300. The number of Topliss-reactive ketones (excluding diaryl/α,β-unsaturated/α-hetero) is 1. The molecule has 15 heavy (non-hydrogen) atoms. The zero-order valence-corrected chi connectivity index (χ0v) is 9.19. The van der Waals surface area contributed by atoms with Crippen LogP contribution in [0.25, 0.3) is 0 Å². The molecule has 0 saturated heterocycles. The Bertz CT molecular complexity index is 407. The van der Waals surface area contributed by atoms with Crippen LogP contribution < -0.4 is 10.5 Å². The van der Waals surface area contributed by atoms with E-state index < -0.39 is 11.6 Å². The number of hydrogen-bond acceptors (Lipinski definition) is 3. The fourth-order valence-corrected chi connectivity index (χ4v) is 1.60. The molecule has 0 aliphatic heterocycles. The molecule has 3 nitrogen and oxygen atoms in total. The highest BCUT2D eigenvalue weighted by atomic mass is 35.5. The Balaban J connectivity index is 3.50. The van der Waals surface area contributed by atoms with Crippen LogP contribution in [0.3, 0.4) is 0 Å². The molecular formula is C10H11ClFNO2. The van der Waals surface area contributed by atoms with Crippen LogP contribution in [0.2, 0.25) is 5.02 Å². The van der Waals surface area contributed by atoms with Gasteiger partial charge in [0.15, 0.2) is 5.78 Å². The van der Waals surface area contributed by atoms with Crippen LogP contribution in [0.1, 0.15) is 15.9 Å². The van der Waals surface area contributed by atoms with Crippen molar-refractivity contribution in [2.75, 3.05) is 13.7 Å². The van der Waals surface area contributed by atoms with Crippen molar-refractivity contribution in [3.63, 3.8) is 0 Å². The van der Waals surface area contributed by atoms with Gasteiger partial charge in [-0.05, 0) is 18.6 Å². The predicted octanol–water partition coefficient (Wildman–Crippen LogP) is 1.94. The molecule has 0 amide bonds. The number of nitrogens with two attached hydrogens (primary N) is 1. The third-order valence-electron chi connectivity index (χ3n) is 2.10. The van der Waals surface area contributed by atoms with Gasteiger partial charge in [-0.25, -0.2) is 4.39 Å². The molecule has 0 unspecified atom stereocenters. The average Bonchev–Trinajstić information content (AvgIpc) is 2.21. The summed E-state index contributed by atoms with van der Waals surface area (Å²) in [6, 6.07) is 1.11. The van der Waals surface area contributed by atoms with E-state index in [2.05, 4.69) is 0 Å². The first-order valence-corrected chi connectivity index (χ1v) is 4.66. The van der Waals surface area contributed by atoms with Gasteiger partial charge in [0.1, 0.15) is 11.6 Å². The number of rotatable bonds is 3. The maximum absolute atomic E-state index is 13.3. The molecule has 0 saturated carbocycles. The molecular weight excluding hydrogens is 221 g/mol. The van der Waals surface area contributed by atoms with Crippen LogP contribution in [0.4, 0.5) is 4.39 Å². The van der Waals surface area contributed by atoms with Crippen molar-refractivity contribution in [1.82, 2.24) is 0 Å². The molecule has 0 spiro atoms. The highest BCUT2D eigenvalue weighted by Gasteiger charge is 2.20. The van der Waals surface area contributed by atoms with E-state index in [1.807, 2.05) is 0 Å². The van der Waals surface area contributed by atoms with Crippen LogP contribution in [0.5, 0.6) is 5.75 Å². The molecule has 0 aromatic heterocycles. The Labute approximate surface area is 92.0 Å². The van der Waals surface area contributed by atoms with E-state index in [0.29, 0.717) is 0 Å². The first kappa shape index (κ1) is 11.9. The summed E-state index contributed by atoms with van der Waals surface area (Å²) in [6.07, 6.45) is 0. The molecule has 0 bridgehead atoms. The molecule has 0 heterocycles. The smallest absolute Gasteiger partial charge is 0.180 e. The van der Waals surface area contributed by atoms with Crippen LogP contribution >= 0.6 is 11.6 Å². The highest BCUT2D eigenvalue weighted by Crippen LogP contribution is 2.32. The normalized spacial score (nSPS) is 10.2.